The summed E-state index contributed by atoms with van der Waals surface area (Å²) in [7, 11) is 2.16. The van der Waals surface area contributed by atoms with E-state index in [0.29, 0.717) is 6.04 Å². The molecule has 1 atom stereocenters. The second-order valence-electron chi connectivity index (χ2n) is 4.54. The van der Waals surface area contributed by atoms with Crippen molar-refractivity contribution in [2.75, 3.05) is 50.4 Å². The normalized spacial score (nSPS) is 20.7. The number of aromatic nitrogens is 2. The number of rotatable bonds is 5. The number of likely N-dealkylation sites (N-methyl/N-ethyl adjacent to an activating group) is 1. The molecule has 0 amide bonds. The van der Waals surface area contributed by atoms with Crippen molar-refractivity contribution in [1.29, 1.82) is 0 Å². The lowest BCUT2D eigenvalue weighted by Crippen LogP contribution is -2.52. The van der Waals surface area contributed by atoms with Crippen LogP contribution in [0.25, 0.3) is 0 Å². The monoisotopic (exact) mass is 250 g/mol. The van der Waals surface area contributed by atoms with Gasteiger partial charge in [-0.05, 0) is 14.0 Å². The van der Waals surface area contributed by atoms with Gasteiger partial charge >= 0.3 is 0 Å². The minimum Gasteiger partial charge on any atom is -0.370 e. The zero-order valence-corrected chi connectivity index (χ0v) is 11.1. The molecule has 0 aromatic carbocycles. The Morgan fingerprint density at radius 2 is 2.17 bits per heavy atom. The van der Waals surface area contributed by atoms with E-state index in [1.807, 2.05) is 6.07 Å². The molecule has 6 nitrogen and oxygen atoms in total. The van der Waals surface area contributed by atoms with Gasteiger partial charge in [0.25, 0.3) is 0 Å². The Hall–Kier alpha value is -1.40. The highest BCUT2D eigenvalue weighted by Crippen LogP contribution is 2.09. The molecule has 1 aliphatic heterocycles. The van der Waals surface area contributed by atoms with Gasteiger partial charge in [0, 0.05) is 44.8 Å². The first-order chi connectivity index (χ1) is 8.79. The lowest BCUT2D eigenvalue weighted by molar-refractivity contribution is 0.209. The number of nitrogens with zero attached hydrogens (tertiary/aromatic N) is 3. The minimum atomic E-state index is 0.510. The van der Waals surface area contributed by atoms with Crippen molar-refractivity contribution >= 4 is 11.6 Å². The molecule has 1 aromatic heterocycles. The van der Waals surface area contributed by atoms with Crippen LogP contribution in [0.1, 0.15) is 6.92 Å². The molecule has 1 aromatic rings. The van der Waals surface area contributed by atoms with Gasteiger partial charge in [-0.3, -0.25) is 4.90 Å². The quantitative estimate of drug-likeness (QED) is 0.695. The Bertz CT molecular complexity index is 369. The molecule has 0 saturated carbocycles. The Balaban J connectivity index is 1.87. The van der Waals surface area contributed by atoms with Crippen molar-refractivity contribution < 1.29 is 0 Å². The van der Waals surface area contributed by atoms with E-state index in [1.54, 1.807) is 6.33 Å². The largest absolute Gasteiger partial charge is 0.370 e. The average Bonchev–Trinajstić information content (AvgIpc) is 2.39. The predicted octanol–water partition coefficient (Wildman–Crippen LogP) is 0.224. The van der Waals surface area contributed by atoms with Crippen molar-refractivity contribution in [1.82, 2.24) is 20.2 Å². The molecule has 1 aliphatic rings. The topological polar surface area (TPSA) is 65.1 Å². The standard InChI is InChI=1S/C12H22N6/c1-3-14-11-6-12(17-9-16-11)15-8-10-7-13-4-5-18(10)2/h6,9-10,13H,3-5,7-8H2,1-2H3,(H2,14,15,16,17). The number of hydrogen-bond donors (Lipinski definition) is 3. The van der Waals surface area contributed by atoms with Crippen LogP contribution in [0.2, 0.25) is 0 Å². The van der Waals surface area contributed by atoms with E-state index in [2.05, 4.69) is 44.8 Å². The summed E-state index contributed by atoms with van der Waals surface area (Å²) in [6.07, 6.45) is 1.59. The van der Waals surface area contributed by atoms with Gasteiger partial charge in [0.1, 0.15) is 18.0 Å². The van der Waals surface area contributed by atoms with E-state index < -0.39 is 0 Å². The smallest absolute Gasteiger partial charge is 0.131 e. The zero-order valence-electron chi connectivity index (χ0n) is 11.1. The summed E-state index contributed by atoms with van der Waals surface area (Å²) < 4.78 is 0. The summed E-state index contributed by atoms with van der Waals surface area (Å²) in [5.41, 5.74) is 0. The van der Waals surface area contributed by atoms with Crippen LogP contribution in [0.3, 0.4) is 0 Å². The summed E-state index contributed by atoms with van der Waals surface area (Å²) in [6, 6.07) is 2.45. The van der Waals surface area contributed by atoms with E-state index in [1.165, 1.54) is 0 Å². The highest BCUT2D eigenvalue weighted by Gasteiger charge is 2.17. The van der Waals surface area contributed by atoms with Crippen LogP contribution in [-0.4, -0.2) is 60.7 Å². The maximum atomic E-state index is 4.23. The molecule has 2 heterocycles. The second kappa shape index (κ2) is 6.51. The minimum absolute atomic E-state index is 0.510. The van der Waals surface area contributed by atoms with E-state index in [-0.39, 0.29) is 0 Å². The fourth-order valence-electron chi connectivity index (χ4n) is 2.04. The van der Waals surface area contributed by atoms with Crippen LogP contribution >= 0.6 is 0 Å². The first-order valence-corrected chi connectivity index (χ1v) is 6.50. The molecular weight excluding hydrogens is 228 g/mol. The zero-order chi connectivity index (χ0) is 12.8. The molecule has 18 heavy (non-hydrogen) atoms. The van der Waals surface area contributed by atoms with Gasteiger partial charge < -0.3 is 16.0 Å². The Morgan fingerprint density at radius 1 is 1.39 bits per heavy atom. The molecule has 1 fully saturated rings. The summed E-state index contributed by atoms with van der Waals surface area (Å²) in [6.45, 7) is 7.01. The molecule has 0 radical (unpaired) electrons. The molecule has 1 unspecified atom stereocenters. The highest BCUT2D eigenvalue weighted by molar-refractivity contribution is 5.46. The van der Waals surface area contributed by atoms with Gasteiger partial charge in [-0.25, -0.2) is 9.97 Å². The van der Waals surface area contributed by atoms with Gasteiger partial charge in [0.05, 0.1) is 0 Å². The Morgan fingerprint density at radius 3 is 2.89 bits per heavy atom. The van der Waals surface area contributed by atoms with E-state index in [0.717, 1.165) is 44.4 Å². The SMILES string of the molecule is CCNc1cc(NCC2CNCCN2C)ncn1. The van der Waals surface area contributed by atoms with E-state index in [9.17, 15) is 0 Å². The van der Waals surface area contributed by atoms with Gasteiger partial charge in [0.2, 0.25) is 0 Å². The lowest BCUT2D eigenvalue weighted by Gasteiger charge is -2.33. The molecule has 0 bridgehead atoms. The van der Waals surface area contributed by atoms with Crippen LogP contribution in [-0.2, 0) is 0 Å². The molecule has 0 aliphatic carbocycles. The molecule has 100 valence electrons. The molecular formula is C12H22N6. The van der Waals surface area contributed by atoms with Gasteiger partial charge in [0.15, 0.2) is 0 Å². The maximum Gasteiger partial charge on any atom is 0.131 e. The summed E-state index contributed by atoms with van der Waals surface area (Å²) in [5.74, 6) is 1.74. The molecule has 3 N–H and O–H groups in total. The number of piperazine rings is 1. The van der Waals surface area contributed by atoms with Crippen LogP contribution < -0.4 is 16.0 Å². The highest BCUT2D eigenvalue weighted by atomic mass is 15.2. The van der Waals surface area contributed by atoms with Gasteiger partial charge in [-0.1, -0.05) is 0 Å². The Labute approximate surface area is 108 Å². The Kier molecular flexibility index (Phi) is 4.72. The van der Waals surface area contributed by atoms with Crippen molar-refractivity contribution in [2.45, 2.75) is 13.0 Å². The summed E-state index contributed by atoms with van der Waals surface area (Å²) >= 11 is 0. The molecule has 6 heteroatoms. The van der Waals surface area contributed by atoms with Crippen molar-refractivity contribution in [3.8, 4) is 0 Å². The molecule has 1 saturated heterocycles. The first kappa shape index (κ1) is 13.0. The number of nitrogens with one attached hydrogen (secondary N) is 3. The van der Waals surface area contributed by atoms with E-state index in [4.69, 9.17) is 0 Å². The van der Waals surface area contributed by atoms with Crippen molar-refractivity contribution in [2.24, 2.45) is 0 Å². The second-order valence-corrected chi connectivity index (χ2v) is 4.54. The van der Waals surface area contributed by atoms with Crippen LogP contribution in [0.5, 0.6) is 0 Å². The molecule has 0 spiro atoms. The lowest BCUT2D eigenvalue weighted by atomic mass is 10.2. The predicted molar refractivity (Wildman–Crippen MR) is 74.0 cm³/mol. The van der Waals surface area contributed by atoms with Gasteiger partial charge in [-0.2, -0.15) is 0 Å². The fourth-order valence-corrected chi connectivity index (χ4v) is 2.04. The molecule has 2 rings (SSSR count). The maximum absolute atomic E-state index is 4.23. The van der Waals surface area contributed by atoms with Gasteiger partial charge in [-0.15, -0.1) is 0 Å². The van der Waals surface area contributed by atoms with Crippen molar-refractivity contribution in [3.63, 3.8) is 0 Å². The third kappa shape index (κ3) is 3.54. The summed E-state index contributed by atoms with van der Waals surface area (Å²) in [4.78, 5) is 10.8. The number of hydrogen-bond acceptors (Lipinski definition) is 6. The van der Waals surface area contributed by atoms with Crippen LogP contribution in [0, 0.1) is 0 Å². The fraction of sp³-hybridized carbons (Fsp3) is 0.667. The summed E-state index contributed by atoms with van der Waals surface area (Å²) in [5, 5.41) is 9.96. The third-order valence-corrected chi connectivity index (χ3v) is 3.19. The van der Waals surface area contributed by atoms with Crippen LogP contribution in [0.4, 0.5) is 11.6 Å². The van der Waals surface area contributed by atoms with E-state index >= 15 is 0 Å². The first-order valence-electron chi connectivity index (χ1n) is 6.50. The van der Waals surface area contributed by atoms with Crippen molar-refractivity contribution in [3.05, 3.63) is 12.4 Å². The number of anilines is 2. The van der Waals surface area contributed by atoms with Crippen LogP contribution in [0.15, 0.2) is 12.4 Å². The average molecular weight is 250 g/mol. The third-order valence-electron chi connectivity index (χ3n) is 3.19.